The molecule has 0 aliphatic rings. The van der Waals surface area contributed by atoms with E-state index in [1.54, 1.807) is 24.3 Å². The molecule has 76 valence electrons. The Balaban J connectivity index is 2.52. The van der Waals surface area contributed by atoms with E-state index in [1.165, 1.54) is 0 Å². The van der Waals surface area contributed by atoms with Gasteiger partial charge in [0.1, 0.15) is 0 Å². The Morgan fingerprint density at radius 1 is 1.36 bits per heavy atom. The Kier molecular flexibility index (Phi) is 3.48. The minimum atomic E-state index is -0.0280. The number of nitrogens with one attached hydrogen (secondary N) is 1. The first-order valence-electron chi connectivity index (χ1n) is 4.38. The van der Waals surface area contributed by atoms with E-state index in [-0.39, 0.29) is 5.91 Å². The first-order valence-corrected chi connectivity index (χ1v) is 4.38. The minimum absolute atomic E-state index is 0.0280. The van der Waals surface area contributed by atoms with Gasteiger partial charge in [-0.25, -0.2) is 0 Å². The third-order valence-corrected chi connectivity index (χ3v) is 1.65. The molecule has 0 atom stereocenters. The average molecular weight is 193 g/mol. The molecule has 0 radical (unpaired) electrons. The van der Waals surface area contributed by atoms with E-state index in [4.69, 9.17) is 5.73 Å². The van der Waals surface area contributed by atoms with E-state index in [1.807, 2.05) is 19.0 Å². The first kappa shape index (κ1) is 10.5. The molecular weight excluding hydrogens is 178 g/mol. The van der Waals surface area contributed by atoms with Gasteiger partial charge in [-0.2, -0.15) is 0 Å². The van der Waals surface area contributed by atoms with Crippen LogP contribution in [0.4, 0.5) is 11.4 Å². The Hall–Kier alpha value is -1.55. The molecule has 0 spiro atoms. The SMILES string of the molecule is CN(C)CC(=O)Nc1ccc(N)cc1. The number of rotatable bonds is 3. The number of anilines is 2. The highest BCUT2D eigenvalue weighted by atomic mass is 16.2. The molecule has 0 fully saturated rings. The van der Waals surface area contributed by atoms with Gasteiger partial charge in [0.05, 0.1) is 6.54 Å². The summed E-state index contributed by atoms with van der Waals surface area (Å²) in [6, 6.07) is 7.07. The summed E-state index contributed by atoms with van der Waals surface area (Å²) in [4.78, 5) is 13.1. The van der Waals surface area contributed by atoms with Crippen LogP contribution in [0, 0.1) is 0 Å². The average Bonchev–Trinajstić information content (AvgIpc) is 2.07. The molecule has 1 aromatic rings. The van der Waals surface area contributed by atoms with Crippen molar-refractivity contribution in [3.05, 3.63) is 24.3 Å². The third kappa shape index (κ3) is 3.45. The summed E-state index contributed by atoms with van der Waals surface area (Å²) in [6.45, 7) is 0.379. The molecule has 1 rings (SSSR count). The zero-order valence-corrected chi connectivity index (χ0v) is 8.45. The van der Waals surface area contributed by atoms with E-state index in [0.29, 0.717) is 12.2 Å². The van der Waals surface area contributed by atoms with E-state index in [9.17, 15) is 4.79 Å². The molecule has 0 heterocycles. The molecule has 14 heavy (non-hydrogen) atoms. The van der Waals surface area contributed by atoms with Crippen LogP contribution in [-0.4, -0.2) is 31.4 Å². The van der Waals surface area contributed by atoms with Gasteiger partial charge in [-0.05, 0) is 38.4 Å². The summed E-state index contributed by atoms with van der Waals surface area (Å²) in [5.41, 5.74) is 6.98. The molecule has 4 nitrogen and oxygen atoms in total. The highest BCUT2D eigenvalue weighted by Gasteiger charge is 2.02. The fraction of sp³-hybridized carbons (Fsp3) is 0.300. The largest absolute Gasteiger partial charge is 0.399 e. The van der Waals surface area contributed by atoms with Crippen molar-refractivity contribution in [1.29, 1.82) is 0 Å². The third-order valence-electron chi connectivity index (χ3n) is 1.65. The molecule has 0 aliphatic heterocycles. The predicted molar refractivity (Wildman–Crippen MR) is 58.0 cm³/mol. The van der Waals surface area contributed by atoms with Crippen LogP contribution in [-0.2, 0) is 4.79 Å². The number of nitrogens with zero attached hydrogens (tertiary/aromatic N) is 1. The fourth-order valence-electron chi connectivity index (χ4n) is 1.05. The zero-order valence-electron chi connectivity index (χ0n) is 8.45. The molecule has 0 bridgehead atoms. The minimum Gasteiger partial charge on any atom is -0.399 e. The number of benzene rings is 1. The van der Waals surface area contributed by atoms with Gasteiger partial charge in [-0.15, -0.1) is 0 Å². The second kappa shape index (κ2) is 4.62. The molecule has 1 aromatic carbocycles. The lowest BCUT2D eigenvalue weighted by Gasteiger charge is -2.09. The summed E-state index contributed by atoms with van der Waals surface area (Å²) < 4.78 is 0. The van der Waals surface area contributed by atoms with Crippen molar-refractivity contribution in [2.24, 2.45) is 0 Å². The molecular formula is C10H15N3O. The second-order valence-electron chi connectivity index (χ2n) is 3.41. The number of nitrogen functional groups attached to an aromatic ring is 1. The van der Waals surface area contributed by atoms with Gasteiger partial charge >= 0.3 is 0 Å². The van der Waals surface area contributed by atoms with Crippen LogP contribution in [0.25, 0.3) is 0 Å². The van der Waals surface area contributed by atoms with Crippen LogP contribution in [0.1, 0.15) is 0 Å². The summed E-state index contributed by atoms with van der Waals surface area (Å²) in [5.74, 6) is -0.0280. The maximum absolute atomic E-state index is 11.3. The van der Waals surface area contributed by atoms with Crippen LogP contribution in [0.2, 0.25) is 0 Å². The van der Waals surface area contributed by atoms with Gasteiger partial charge in [0.15, 0.2) is 0 Å². The van der Waals surface area contributed by atoms with Gasteiger partial charge in [0.2, 0.25) is 5.91 Å². The van der Waals surface area contributed by atoms with Gasteiger partial charge in [-0.3, -0.25) is 4.79 Å². The molecule has 1 amide bonds. The van der Waals surface area contributed by atoms with Gasteiger partial charge in [0, 0.05) is 11.4 Å². The van der Waals surface area contributed by atoms with Crippen LogP contribution in [0.15, 0.2) is 24.3 Å². The molecule has 0 unspecified atom stereocenters. The van der Waals surface area contributed by atoms with Crippen molar-refractivity contribution in [3.8, 4) is 0 Å². The maximum Gasteiger partial charge on any atom is 0.238 e. The number of carbonyl (C=O) groups is 1. The van der Waals surface area contributed by atoms with Crippen LogP contribution >= 0.6 is 0 Å². The summed E-state index contributed by atoms with van der Waals surface area (Å²) in [5, 5.41) is 2.76. The maximum atomic E-state index is 11.3. The van der Waals surface area contributed by atoms with Crippen LogP contribution in [0.5, 0.6) is 0 Å². The second-order valence-corrected chi connectivity index (χ2v) is 3.41. The molecule has 0 saturated heterocycles. The van der Waals surface area contributed by atoms with Crippen molar-refractivity contribution >= 4 is 17.3 Å². The highest BCUT2D eigenvalue weighted by Crippen LogP contribution is 2.09. The van der Waals surface area contributed by atoms with Crippen LogP contribution < -0.4 is 11.1 Å². The predicted octanol–water partition coefficient (Wildman–Crippen LogP) is 0.769. The fourth-order valence-corrected chi connectivity index (χ4v) is 1.05. The van der Waals surface area contributed by atoms with Crippen LogP contribution in [0.3, 0.4) is 0 Å². The topological polar surface area (TPSA) is 58.4 Å². The quantitative estimate of drug-likeness (QED) is 0.697. The Morgan fingerprint density at radius 2 is 1.93 bits per heavy atom. The molecule has 0 aromatic heterocycles. The number of nitrogens with two attached hydrogens (primary N) is 1. The number of hydrogen-bond acceptors (Lipinski definition) is 3. The normalized spacial score (nSPS) is 10.2. The summed E-state index contributed by atoms with van der Waals surface area (Å²) >= 11 is 0. The van der Waals surface area contributed by atoms with E-state index >= 15 is 0 Å². The van der Waals surface area contributed by atoms with E-state index in [2.05, 4.69) is 5.32 Å². The lowest BCUT2D eigenvalue weighted by molar-refractivity contribution is -0.116. The number of amides is 1. The van der Waals surface area contributed by atoms with E-state index in [0.717, 1.165) is 5.69 Å². The Labute approximate surface area is 83.7 Å². The first-order chi connectivity index (χ1) is 6.58. The number of likely N-dealkylation sites (N-methyl/N-ethyl adjacent to an activating group) is 1. The molecule has 4 heteroatoms. The van der Waals surface area contributed by atoms with Crippen molar-refractivity contribution < 1.29 is 4.79 Å². The van der Waals surface area contributed by atoms with Crippen molar-refractivity contribution in [2.45, 2.75) is 0 Å². The van der Waals surface area contributed by atoms with Crippen molar-refractivity contribution in [1.82, 2.24) is 4.90 Å². The van der Waals surface area contributed by atoms with E-state index < -0.39 is 0 Å². The molecule has 0 saturated carbocycles. The Morgan fingerprint density at radius 3 is 2.43 bits per heavy atom. The summed E-state index contributed by atoms with van der Waals surface area (Å²) in [6.07, 6.45) is 0. The number of hydrogen-bond donors (Lipinski definition) is 2. The zero-order chi connectivity index (χ0) is 10.6. The van der Waals surface area contributed by atoms with Gasteiger partial charge in [-0.1, -0.05) is 0 Å². The Bertz CT molecular complexity index is 306. The standard InChI is InChI=1S/C10H15N3O/c1-13(2)7-10(14)12-9-5-3-8(11)4-6-9/h3-6H,7,11H2,1-2H3,(H,12,14). The van der Waals surface area contributed by atoms with Gasteiger partial charge < -0.3 is 16.0 Å². The lowest BCUT2D eigenvalue weighted by Crippen LogP contribution is -2.27. The molecule has 0 aliphatic carbocycles. The lowest BCUT2D eigenvalue weighted by atomic mass is 10.3. The van der Waals surface area contributed by atoms with Crippen molar-refractivity contribution in [3.63, 3.8) is 0 Å². The smallest absolute Gasteiger partial charge is 0.238 e. The molecule has 3 N–H and O–H groups in total. The van der Waals surface area contributed by atoms with Crippen molar-refractivity contribution in [2.75, 3.05) is 31.7 Å². The van der Waals surface area contributed by atoms with Gasteiger partial charge in [0.25, 0.3) is 0 Å². The summed E-state index contributed by atoms with van der Waals surface area (Å²) in [7, 11) is 3.70. The number of carbonyl (C=O) groups excluding carboxylic acids is 1. The highest BCUT2D eigenvalue weighted by molar-refractivity contribution is 5.92. The monoisotopic (exact) mass is 193 g/mol.